The highest BCUT2D eigenvalue weighted by molar-refractivity contribution is 5.20. The quantitative estimate of drug-likeness (QED) is 0.502. The van der Waals surface area contributed by atoms with Crippen molar-refractivity contribution in [1.82, 2.24) is 0 Å². The number of furan rings is 1. The molecule has 0 amide bonds. The SMILES string of the molecule is CCCCCc1cc(COCOC)oc1C. The molecular weight excluding hydrogens is 204 g/mol. The van der Waals surface area contributed by atoms with Crippen LogP contribution in [0.3, 0.4) is 0 Å². The third kappa shape index (κ3) is 4.37. The minimum absolute atomic E-state index is 0.310. The highest BCUT2D eigenvalue weighted by Gasteiger charge is 2.06. The van der Waals surface area contributed by atoms with E-state index in [0.29, 0.717) is 13.4 Å². The predicted octanol–water partition coefficient (Wildman–Crippen LogP) is 3.44. The van der Waals surface area contributed by atoms with Crippen molar-refractivity contribution in [2.24, 2.45) is 0 Å². The molecule has 16 heavy (non-hydrogen) atoms. The van der Waals surface area contributed by atoms with E-state index < -0.39 is 0 Å². The molecule has 1 aromatic rings. The largest absolute Gasteiger partial charge is 0.464 e. The first-order chi connectivity index (χ1) is 7.77. The molecule has 0 aromatic carbocycles. The molecule has 0 saturated heterocycles. The van der Waals surface area contributed by atoms with Crippen LogP contribution in [0.15, 0.2) is 10.5 Å². The topological polar surface area (TPSA) is 31.6 Å². The first-order valence-corrected chi connectivity index (χ1v) is 5.92. The Morgan fingerprint density at radius 3 is 2.81 bits per heavy atom. The van der Waals surface area contributed by atoms with E-state index in [1.54, 1.807) is 7.11 Å². The number of hydrogen-bond acceptors (Lipinski definition) is 3. The zero-order valence-corrected chi connectivity index (χ0v) is 10.5. The van der Waals surface area contributed by atoms with Gasteiger partial charge in [-0.1, -0.05) is 19.8 Å². The van der Waals surface area contributed by atoms with Gasteiger partial charge in [0.05, 0.1) is 0 Å². The minimum atomic E-state index is 0.310. The molecule has 1 rings (SSSR count). The van der Waals surface area contributed by atoms with Crippen LogP contribution in [0.25, 0.3) is 0 Å². The molecular formula is C13H22O3. The average molecular weight is 226 g/mol. The van der Waals surface area contributed by atoms with Gasteiger partial charge in [-0.15, -0.1) is 0 Å². The molecule has 3 nitrogen and oxygen atoms in total. The van der Waals surface area contributed by atoms with Crippen molar-refractivity contribution < 1.29 is 13.9 Å². The third-order valence-corrected chi connectivity index (χ3v) is 2.57. The van der Waals surface area contributed by atoms with Crippen molar-refractivity contribution in [2.75, 3.05) is 13.9 Å². The van der Waals surface area contributed by atoms with Gasteiger partial charge in [0.15, 0.2) is 0 Å². The minimum Gasteiger partial charge on any atom is -0.464 e. The van der Waals surface area contributed by atoms with Gasteiger partial charge in [-0.3, -0.25) is 0 Å². The van der Waals surface area contributed by atoms with Gasteiger partial charge in [0.25, 0.3) is 0 Å². The lowest BCUT2D eigenvalue weighted by Gasteiger charge is -1.98. The van der Waals surface area contributed by atoms with E-state index >= 15 is 0 Å². The Morgan fingerprint density at radius 2 is 2.12 bits per heavy atom. The van der Waals surface area contributed by atoms with E-state index in [0.717, 1.165) is 17.9 Å². The van der Waals surface area contributed by atoms with Crippen molar-refractivity contribution in [3.05, 3.63) is 23.2 Å². The molecule has 0 radical (unpaired) electrons. The van der Waals surface area contributed by atoms with Crippen LogP contribution < -0.4 is 0 Å². The van der Waals surface area contributed by atoms with Gasteiger partial charge in [0.1, 0.15) is 24.9 Å². The number of hydrogen-bond donors (Lipinski definition) is 0. The fraction of sp³-hybridized carbons (Fsp3) is 0.692. The number of unbranched alkanes of at least 4 members (excludes halogenated alkanes) is 2. The highest BCUT2D eigenvalue weighted by Crippen LogP contribution is 2.18. The summed E-state index contributed by atoms with van der Waals surface area (Å²) in [5.41, 5.74) is 1.31. The van der Waals surface area contributed by atoms with Gasteiger partial charge in [-0.05, 0) is 31.4 Å². The summed E-state index contributed by atoms with van der Waals surface area (Å²) >= 11 is 0. The zero-order valence-electron chi connectivity index (χ0n) is 10.5. The standard InChI is InChI=1S/C13H22O3/c1-4-5-6-7-12-8-13(16-11(12)2)9-15-10-14-3/h8H,4-7,9-10H2,1-3H3. The molecule has 0 N–H and O–H groups in total. The summed E-state index contributed by atoms with van der Waals surface area (Å²) in [5, 5.41) is 0. The molecule has 1 heterocycles. The van der Waals surface area contributed by atoms with Crippen molar-refractivity contribution >= 4 is 0 Å². The summed E-state index contributed by atoms with van der Waals surface area (Å²) < 4.78 is 15.7. The van der Waals surface area contributed by atoms with Crippen LogP contribution in [0.5, 0.6) is 0 Å². The third-order valence-electron chi connectivity index (χ3n) is 2.57. The number of rotatable bonds is 8. The van der Waals surface area contributed by atoms with E-state index in [9.17, 15) is 0 Å². The second-order valence-corrected chi connectivity index (χ2v) is 4.01. The maximum atomic E-state index is 5.61. The van der Waals surface area contributed by atoms with Gasteiger partial charge in [-0.2, -0.15) is 0 Å². The molecule has 0 aliphatic heterocycles. The van der Waals surface area contributed by atoms with Crippen LogP contribution >= 0.6 is 0 Å². The molecule has 0 fully saturated rings. The Hall–Kier alpha value is -0.800. The van der Waals surface area contributed by atoms with Crippen LogP contribution in [0.1, 0.15) is 43.3 Å². The predicted molar refractivity (Wildman–Crippen MR) is 63.3 cm³/mol. The Kier molecular flexibility index (Phi) is 6.19. The van der Waals surface area contributed by atoms with Crippen molar-refractivity contribution in [1.29, 1.82) is 0 Å². The molecule has 0 unspecified atom stereocenters. The monoisotopic (exact) mass is 226 g/mol. The lowest BCUT2D eigenvalue weighted by molar-refractivity contribution is -0.0441. The molecule has 0 spiro atoms. The maximum absolute atomic E-state index is 5.61. The molecule has 1 aromatic heterocycles. The van der Waals surface area contributed by atoms with Crippen molar-refractivity contribution in [3.8, 4) is 0 Å². The lowest BCUT2D eigenvalue weighted by Crippen LogP contribution is -1.95. The molecule has 0 bridgehead atoms. The molecule has 0 atom stereocenters. The summed E-state index contributed by atoms with van der Waals surface area (Å²) in [6.45, 7) is 5.03. The summed E-state index contributed by atoms with van der Waals surface area (Å²) in [4.78, 5) is 0. The van der Waals surface area contributed by atoms with Crippen molar-refractivity contribution in [2.45, 2.75) is 46.1 Å². The number of methoxy groups -OCH3 is 1. The second kappa shape index (κ2) is 7.47. The molecule has 0 saturated carbocycles. The zero-order chi connectivity index (χ0) is 11.8. The van der Waals surface area contributed by atoms with Gasteiger partial charge in [0, 0.05) is 7.11 Å². The highest BCUT2D eigenvalue weighted by atomic mass is 16.7. The summed E-state index contributed by atoms with van der Waals surface area (Å²) in [6, 6.07) is 2.10. The molecule has 92 valence electrons. The lowest BCUT2D eigenvalue weighted by atomic mass is 10.1. The van der Waals surface area contributed by atoms with E-state index in [1.165, 1.54) is 24.8 Å². The fourth-order valence-corrected chi connectivity index (χ4v) is 1.70. The first kappa shape index (κ1) is 13.3. The van der Waals surface area contributed by atoms with Crippen molar-refractivity contribution in [3.63, 3.8) is 0 Å². The maximum Gasteiger partial charge on any atom is 0.146 e. The van der Waals surface area contributed by atoms with Crippen LogP contribution in [-0.4, -0.2) is 13.9 Å². The van der Waals surface area contributed by atoms with Crippen LogP contribution in [0.2, 0.25) is 0 Å². The average Bonchev–Trinajstić information content (AvgIpc) is 2.61. The Balaban J connectivity index is 2.39. The molecule has 3 heteroatoms. The second-order valence-electron chi connectivity index (χ2n) is 4.01. The number of ether oxygens (including phenoxy) is 2. The van der Waals surface area contributed by atoms with Crippen LogP contribution in [0, 0.1) is 6.92 Å². The molecule has 0 aliphatic rings. The molecule has 0 aliphatic carbocycles. The Bertz CT molecular complexity index is 291. The summed E-state index contributed by atoms with van der Waals surface area (Å²) in [5.74, 6) is 1.91. The van der Waals surface area contributed by atoms with E-state index in [2.05, 4.69) is 13.0 Å². The summed E-state index contributed by atoms with van der Waals surface area (Å²) in [6.07, 6.45) is 4.86. The van der Waals surface area contributed by atoms with Gasteiger partial charge < -0.3 is 13.9 Å². The Labute approximate surface area is 97.7 Å². The smallest absolute Gasteiger partial charge is 0.146 e. The van der Waals surface area contributed by atoms with Gasteiger partial charge >= 0.3 is 0 Å². The first-order valence-electron chi connectivity index (χ1n) is 5.92. The van der Waals surface area contributed by atoms with Gasteiger partial charge in [-0.25, -0.2) is 0 Å². The van der Waals surface area contributed by atoms with E-state index in [4.69, 9.17) is 13.9 Å². The van der Waals surface area contributed by atoms with E-state index in [1.807, 2.05) is 6.92 Å². The normalized spacial score (nSPS) is 10.9. The van der Waals surface area contributed by atoms with Gasteiger partial charge in [0.2, 0.25) is 0 Å². The Morgan fingerprint density at radius 1 is 1.31 bits per heavy atom. The van der Waals surface area contributed by atoms with Crippen LogP contribution in [0.4, 0.5) is 0 Å². The number of aryl methyl sites for hydroxylation is 2. The fourth-order valence-electron chi connectivity index (χ4n) is 1.70. The summed E-state index contributed by atoms with van der Waals surface area (Å²) in [7, 11) is 1.61. The van der Waals surface area contributed by atoms with E-state index in [-0.39, 0.29) is 0 Å². The van der Waals surface area contributed by atoms with Crippen LogP contribution in [-0.2, 0) is 22.5 Å².